The Labute approximate surface area is 133 Å². The number of rotatable bonds is 5. The minimum absolute atomic E-state index is 0.0664. The van der Waals surface area contributed by atoms with Gasteiger partial charge in [-0.05, 0) is 46.2 Å². The highest BCUT2D eigenvalue weighted by atomic mass is 32.1. The van der Waals surface area contributed by atoms with E-state index in [-0.39, 0.29) is 11.9 Å². The zero-order chi connectivity index (χ0) is 15.9. The number of amides is 1. The highest BCUT2D eigenvalue weighted by Gasteiger charge is 2.06. The quantitative estimate of drug-likeness (QED) is 0.629. The molecule has 2 rings (SSSR count). The third-order valence-corrected chi connectivity index (χ3v) is 3.86. The van der Waals surface area contributed by atoms with E-state index in [2.05, 4.69) is 4.74 Å². The number of thiophene rings is 1. The van der Waals surface area contributed by atoms with E-state index < -0.39 is 0 Å². The van der Waals surface area contributed by atoms with Gasteiger partial charge >= 0.3 is 5.97 Å². The van der Waals surface area contributed by atoms with Crippen LogP contribution in [0.2, 0.25) is 0 Å². The van der Waals surface area contributed by atoms with Gasteiger partial charge in [0, 0.05) is 19.7 Å². The number of ether oxygens (including phenoxy) is 1. The van der Waals surface area contributed by atoms with Gasteiger partial charge in [0.2, 0.25) is 5.91 Å². The molecular weight excluding hydrogens is 298 g/mol. The lowest BCUT2D eigenvalue weighted by molar-refractivity contribution is -0.125. The lowest BCUT2D eigenvalue weighted by atomic mass is 10.1. The van der Waals surface area contributed by atoms with E-state index in [0.717, 1.165) is 11.1 Å². The van der Waals surface area contributed by atoms with Gasteiger partial charge in [-0.2, -0.15) is 11.3 Å². The van der Waals surface area contributed by atoms with Crippen LogP contribution in [-0.4, -0.2) is 30.9 Å². The Balaban J connectivity index is 1.95. The maximum absolute atomic E-state index is 12.0. The Morgan fingerprint density at radius 1 is 1.23 bits per heavy atom. The van der Waals surface area contributed by atoms with E-state index in [0.29, 0.717) is 12.1 Å². The second kappa shape index (κ2) is 7.56. The third kappa shape index (κ3) is 4.30. The largest absolute Gasteiger partial charge is 0.465 e. The molecule has 1 aromatic heterocycles. The first-order valence-electron chi connectivity index (χ1n) is 6.73. The van der Waals surface area contributed by atoms with Gasteiger partial charge < -0.3 is 9.64 Å². The van der Waals surface area contributed by atoms with Gasteiger partial charge in [0.25, 0.3) is 0 Å². The topological polar surface area (TPSA) is 46.6 Å². The Morgan fingerprint density at radius 3 is 2.55 bits per heavy atom. The number of carbonyl (C=O) groups excluding carboxylic acids is 2. The second-order valence-electron chi connectivity index (χ2n) is 4.77. The summed E-state index contributed by atoms with van der Waals surface area (Å²) in [5.74, 6) is -0.439. The second-order valence-corrected chi connectivity index (χ2v) is 5.55. The maximum Gasteiger partial charge on any atom is 0.337 e. The Kier molecular flexibility index (Phi) is 5.49. The van der Waals surface area contributed by atoms with Crippen molar-refractivity contribution >= 4 is 29.3 Å². The number of benzene rings is 1. The van der Waals surface area contributed by atoms with Crippen LogP contribution in [0.15, 0.2) is 47.2 Å². The smallest absolute Gasteiger partial charge is 0.337 e. The van der Waals surface area contributed by atoms with Crippen LogP contribution in [0.3, 0.4) is 0 Å². The monoisotopic (exact) mass is 315 g/mol. The minimum atomic E-state index is -0.373. The molecule has 0 unspecified atom stereocenters. The number of carbonyl (C=O) groups is 2. The van der Waals surface area contributed by atoms with Gasteiger partial charge in [-0.1, -0.05) is 12.1 Å². The summed E-state index contributed by atoms with van der Waals surface area (Å²) < 4.78 is 4.64. The molecular formula is C17H17NO3S. The molecule has 5 heteroatoms. The predicted octanol–water partition coefficient (Wildman–Crippen LogP) is 3.21. The minimum Gasteiger partial charge on any atom is -0.465 e. The van der Waals surface area contributed by atoms with E-state index >= 15 is 0 Å². The number of esters is 1. The first kappa shape index (κ1) is 16.0. The molecule has 0 saturated carbocycles. The molecule has 114 valence electrons. The van der Waals surface area contributed by atoms with Gasteiger partial charge in [0.1, 0.15) is 0 Å². The highest BCUT2D eigenvalue weighted by molar-refractivity contribution is 7.07. The zero-order valence-electron chi connectivity index (χ0n) is 12.5. The molecule has 0 aliphatic rings. The molecule has 0 bridgehead atoms. The van der Waals surface area contributed by atoms with Crippen molar-refractivity contribution in [2.75, 3.05) is 14.2 Å². The van der Waals surface area contributed by atoms with Crippen molar-refractivity contribution in [3.8, 4) is 0 Å². The van der Waals surface area contributed by atoms with E-state index in [1.165, 1.54) is 13.2 Å². The number of nitrogens with zero attached hydrogens (tertiary/aromatic N) is 1. The Bertz CT molecular complexity index is 660. The van der Waals surface area contributed by atoms with E-state index in [4.69, 9.17) is 0 Å². The van der Waals surface area contributed by atoms with E-state index in [1.54, 1.807) is 53.6 Å². The summed E-state index contributed by atoms with van der Waals surface area (Å²) in [6.07, 6.45) is 3.26. The van der Waals surface area contributed by atoms with Crippen molar-refractivity contribution < 1.29 is 14.3 Å². The molecule has 1 amide bonds. The molecule has 0 aliphatic carbocycles. The molecule has 0 spiro atoms. The average molecular weight is 315 g/mol. The lowest BCUT2D eigenvalue weighted by Crippen LogP contribution is -2.23. The van der Waals surface area contributed by atoms with Gasteiger partial charge in [0.15, 0.2) is 0 Å². The molecule has 0 aliphatic heterocycles. The van der Waals surface area contributed by atoms with Gasteiger partial charge in [-0.25, -0.2) is 4.79 Å². The van der Waals surface area contributed by atoms with Crippen LogP contribution in [0.25, 0.3) is 6.08 Å². The number of hydrogen-bond donors (Lipinski definition) is 0. The molecule has 0 atom stereocenters. The summed E-state index contributed by atoms with van der Waals surface area (Å²) >= 11 is 1.62. The predicted molar refractivity (Wildman–Crippen MR) is 87.6 cm³/mol. The normalized spacial score (nSPS) is 10.6. The first-order valence-corrected chi connectivity index (χ1v) is 7.67. The molecule has 0 saturated heterocycles. The molecule has 0 N–H and O–H groups in total. The van der Waals surface area contributed by atoms with Crippen molar-refractivity contribution in [2.24, 2.45) is 0 Å². The summed E-state index contributed by atoms with van der Waals surface area (Å²) in [6, 6.07) is 8.89. The zero-order valence-corrected chi connectivity index (χ0v) is 13.3. The van der Waals surface area contributed by atoms with Crippen molar-refractivity contribution in [2.45, 2.75) is 6.54 Å². The summed E-state index contributed by atoms with van der Waals surface area (Å²) in [7, 11) is 3.11. The van der Waals surface area contributed by atoms with Crippen molar-refractivity contribution in [3.05, 3.63) is 63.9 Å². The van der Waals surface area contributed by atoms with E-state index in [9.17, 15) is 9.59 Å². The summed E-state index contributed by atoms with van der Waals surface area (Å²) in [6.45, 7) is 0.591. The third-order valence-electron chi connectivity index (χ3n) is 3.13. The van der Waals surface area contributed by atoms with Gasteiger partial charge in [-0.3, -0.25) is 4.79 Å². The summed E-state index contributed by atoms with van der Waals surface area (Å²) in [5, 5.41) is 4.02. The van der Waals surface area contributed by atoms with Crippen LogP contribution in [0.5, 0.6) is 0 Å². The van der Waals surface area contributed by atoms with Crippen LogP contribution in [0.1, 0.15) is 21.5 Å². The molecule has 0 fully saturated rings. The van der Waals surface area contributed by atoms with E-state index in [1.807, 2.05) is 16.8 Å². The molecule has 1 aromatic carbocycles. The fourth-order valence-electron chi connectivity index (χ4n) is 1.88. The summed E-state index contributed by atoms with van der Waals surface area (Å²) in [5.41, 5.74) is 2.46. The van der Waals surface area contributed by atoms with Crippen LogP contribution in [0, 0.1) is 0 Å². The van der Waals surface area contributed by atoms with Crippen molar-refractivity contribution in [1.82, 2.24) is 4.90 Å². The van der Waals surface area contributed by atoms with Crippen LogP contribution < -0.4 is 0 Å². The number of hydrogen-bond acceptors (Lipinski definition) is 4. The van der Waals surface area contributed by atoms with Gasteiger partial charge in [-0.15, -0.1) is 0 Å². The van der Waals surface area contributed by atoms with Gasteiger partial charge in [0.05, 0.1) is 12.7 Å². The standard InChI is InChI=1S/C17H17NO3S/c1-18(11-14-9-10-22-12-14)16(19)8-5-13-3-6-15(7-4-13)17(20)21-2/h3-10,12H,11H2,1-2H3/b8-5+. The van der Waals surface area contributed by atoms with Crippen molar-refractivity contribution in [3.63, 3.8) is 0 Å². The Hall–Kier alpha value is -2.40. The summed E-state index contributed by atoms with van der Waals surface area (Å²) in [4.78, 5) is 25.0. The fraction of sp³-hybridized carbons (Fsp3) is 0.176. The average Bonchev–Trinajstić information content (AvgIpc) is 3.05. The molecule has 1 heterocycles. The SMILES string of the molecule is COC(=O)c1ccc(/C=C/C(=O)N(C)Cc2ccsc2)cc1. The molecule has 22 heavy (non-hydrogen) atoms. The molecule has 2 aromatic rings. The molecule has 0 radical (unpaired) electrons. The van der Waals surface area contributed by atoms with Crippen LogP contribution in [0.4, 0.5) is 0 Å². The van der Waals surface area contributed by atoms with Crippen molar-refractivity contribution in [1.29, 1.82) is 0 Å². The number of likely N-dealkylation sites (N-methyl/N-ethyl adjacent to an activating group) is 1. The van der Waals surface area contributed by atoms with Crippen LogP contribution in [-0.2, 0) is 16.1 Å². The Morgan fingerprint density at radius 2 is 1.95 bits per heavy atom. The first-order chi connectivity index (χ1) is 10.6. The lowest BCUT2D eigenvalue weighted by Gasteiger charge is -2.13. The fourth-order valence-corrected chi connectivity index (χ4v) is 2.54. The van der Waals surface area contributed by atoms with Crippen LogP contribution >= 0.6 is 11.3 Å². The number of methoxy groups -OCH3 is 1. The highest BCUT2D eigenvalue weighted by Crippen LogP contribution is 2.10. The maximum atomic E-state index is 12.0. The molecule has 4 nitrogen and oxygen atoms in total.